The van der Waals surface area contributed by atoms with Crippen molar-refractivity contribution in [3.8, 4) is 6.07 Å². The zero-order valence-corrected chi connectivity index (χ0v) is 14.5. The van der Waals surface area contributed by atoms with Crippen molar-refractivity contribution in [2.75, 3.05) is 19.8 Å². The summed E-state index contributed by atoms with van der Waals surface area (Å²) >= 11 is 0. The lowest BCUT2D eigenvalue weighted by Crippen LogP contribution is -2.26. The first-order chi connectivity index (χ1) is 10.9. The maximum atomic E-state index is 12.0. The molecule has 0 atom stereocenters. The molecule has 0 radical (unpaired) electrons. The number of nitrogens with zero attached hydrogens (tertiary/aromatic N) is 1. The Morgan fingerprint density at radius 2 is 1.96 bits per heavy atom. The number of benzene rings is 1. The Morgan fingerprint density at radius 3 is 2.48 bits per heavy atom. The lowest BCUT2D eigenvalue weighted by molar-refractivity contribution is -0.117. The van der Waals surface area contributed by atoms with Crippen molar-refractivity contribution in [1.82, 2.24) is 5.32 Å². The summed E-state index contributed by atoms with van der Waals surface area (Å²) in [4.78, 5) is 12.0. The molecule has 4 nitrogen and oxygen atoms in total. The molecule has 0 heterocycles. The summed E-state index contributed by atoms with van der Waals surface area (Å²) in [6.45, 7) is 10.1. The predicted octanol–water partition coefficient (Wildman–Crippen LogP) is 3.43. The van der Waals surface area contributed by atoms with Crippen molar-refractivity contribution in [1.29, 1.82) is 5.26 Å². The van der Waals surface area contributed by atoms with Crippen molar-refractivity contribution >= 4 is 12.0 Å². The summed E-state index contributed by atoms with van der Waals surface area (Å²) in [6.07, 6.45) is 2.35. The molecule has 4 heteroatoms. The van der Waals surface area contributed by atoms with Crippen LogP contribution in [0.1, 0.15) is 45.2 Å². The molecule has 23 heavy (non-hydrogen) atoms. The fraction of sp³-hybridized carbons (Fsp3) is 0.474. The van der Waals surface area contributed by atoms with Crippen LogP contribution in [0.3, 0.4) is 0 Å². The molecular weight excluding hydrogens is 288 g/mol. The number of rotatable bonds is 7. The van der Waals surface area contributed by atoms with Crippen LogP contribution in [0.25, 0.3) is 6.08 Å². The van der Waals surface area contributed by atoms with Crippen LogP contribution in [0.4, 0.5) is 0 Å². The van der Waals surface area contributed by atoms with E-state index in [-0.39, 0.29) is 16.9 Å². The van der Waals surface area contributed by atoms with Crippen molar-refractivity contribution in [3.63, 3.8) is 0 Å². The molecule has 0 bridgehead atoms. The predicted molar refractivity (Wildman–Crippen MR) is 92.9 cm³/mol. The monoisotopic (exact) mass is 314 g/mol. The maximum absolute atomic E-state index is 12.0. The Kier molecular flexibility index (Phi) is 7.50. The van der Waals surface area contributed by atoms with Gasteiger partial charge in [-0.05, 0) is 36.0 Å². The molecule has 1 N–H and O–H groups in total. The summed E-state index contributed by atoms with van der Waals surface area (Å²) in [5.41, 5.74) is 2.26. The molecule has 124 valence electrons. The molecule has 0 aliphatic rings. The van der Waals surface area contributed by atoms with E-state index in [0.29, 0.717) is 19.8 Å². The third kappa shape index (κ3) is 6.66. The highest BCUT2D eigenvalue weighted by Crippen LogP contribution is 2.22. The Morgan fingerprint density at radius 1 is 1.30 bits per heavy atom. The van der Waals surface area contributed by atoms with Crippen LogP contribution in [0.2, 0.25) is 0 Å². The van der Waals surface area contributed by atoms with Crippen molar-refractivity contribution < 1.29 is 9.53 Å². The average molecular weight is 314 g/mol. The minimum Gasteiger partial charge on any atom is -0.382 e. The largest absolute Gasteiger partial charge is 0.382 e. The molecule has 0 aliphatic heterocycles. The molecule has 0 saturated heterocycles. The molecule has 0 saturated carbocycles. The molecular formula is C19H26N2O2. The van der Waals surface area contributed by atoms with Gasteiger partial charge >= 0.3 is 0 Å². The fourth-order valence-corrected chi connectivity index (χ4v) is 2.01. The van der Waals surface area contributed by atoms with Crippen molar-refractivity contribution in [3.05, 3.63) is 41.0 Å². The second-order valence-corrected chi connectivity index (χ2v) is 6.35. The highest BCUT2D eigenvalue weighted by Gasteiger charge is 2.13. The molecule has 1 rings (SSSR count). The van der Waals surface area contributed by atoms with Crippen molar-refractivity contribution in [2.45, 2.75) is 39.5 Å². The van der Waals surface area contributed by atoms with Gasteiger partial charge in [-0.3, -0.25) is 4.79 Å². The highest BCUT2D eigenvalue weighted by molar-refractivity contribution is 6.01. The second kappa shape index (κ2) is 9.12. The second-order valence-electron chi connectivity index (χ2n) is 6.35. The van der Waals surface area contributed by atoms with E-state index in [2.05, 4.69) is 26.1 Å². The van der Waals surface area contributed by atoms with Gasteiger partial charge in [-0.15, -0.1) is 0 Å². The number of nitriles is 1. The molecule has 1 aromatic carbocycles. The van der Waals surface area contributed by atoms with E-state index >= 15 is 0 Å². The van der Waals surface area contributed by atoms with Crippen LogP contribution in [0.5, 0.6) is 0 Å². The van der Waals surface area contributed by atoms with Gasteiger partial charge in [0.15, 0.2) is 0 Å². The lowest BCUT2D eigenvalue weighted by Gasteiger charge is -2.18. The first kappa shape index (κ1) is 18.9. The van der Waals surface area contributed by atoms with Gasteiger partial charge in [0.05, 0.1) is 0 Å². The van der Waals surface area contributed by atoms with E-state index in [1.807, 2.05) is 37.3 Å². The Bertz CT molecular complexity index is 575. The minimum atomic E-state index is -0.344. The number of ether oxygens (including phenoxy) is 1. The van der Waals surface area contributed by atoms with Gasteiger partial charge in [0.1, 0.15) is 11.6 Å². The van der Waals surface area contributed by atoms with Gasteiger partial charge in [-0.25, -0.2) is 0 Å². The normalized spacial score (nSPS) is 11.9. The Hall–Kier alpha value is -2.12. The van der Waals surface area contributed by atoms with Gasteiger partial charge in [0.25, 0.3) is 5.91 Å². The standard InChI is InChI=1S/C19H26N2O2/c1-5-23-12-6-11-21-18(22)16(14-20)13-15-7-9-17(10-8-15)19(2,3)4/h7-10,13H,5-6,11-12H2,1-4H3,(H,21,22)/b16-13+. The third-order valence-corrected chi connectivity index (χ3v) is 3.41. The highest BCUT2D eigenvalue weighted by atomic mass is 16.5. The number of nitrogens with one attached hydrogen (secondary N) is 1. The maximum Gasteiger partial charge on any atom is 0.261 e. The molecule has 0 aliphatic carbocycles. The van der Waals surface area contributed by atoms with E-state index < -0.39 is 0 Å². The summed E-state index contributed by atoms with van der Waals surface area (Å²) in [7, 11) is 0. The van der Waals surface area contributed by atoms with Crippen LogP contribution < -0.4 is 5.32 Å². The average Bonchev–Trinajstić information content (AvgIpc) is 2.51. The number of amides is 1. The zero-order valence-electron chi connectivity index (χ0n) is 14.5. The smallest absolute Gasteiger partial charge is 0.261 e. The Balaban J connectivity index is 2.68. The summed E-state index contributed by atoms with van der Waals surface area (Å²) < 4.78 is 5.21. The van der Waals surface area contributed by atoms with E-state index in [1.165, 1.54) is 5.56 Å². The minimum absolute atomic E-state index is 0.0816. The van der Waals surface area contributed by atoms with E-state index in [0.717, 1.165) is 12.0 Å². The van der Waals surface area contributed by atoms with Gasteiger partial charge < -0.3 is 10.1 Å². The fourth-order valence-electron chi connectivity index (χ4n) is 2.01. The van der Waals surface area contributed by atoms with Gasteiger partial charge in [0.2, 0.25) is 0 Å². The molecule has 1 aromatic rings. The van der Waals surface area contributed by atoms with Gasteiger partial charge in [-0.1, -0.05) is 45.0 Å². The third-order valence-electron chi connectivity index (χ3n) is 3.41. The van der Waals surface area contributed by atoms with Gasteiger partial charge in [0, 0.05) is 19.8 Å². The van der Waals surface area contributed by atoms with Gasteiger partial charge in [-0.2, -0.15) is 5.26 Å². The number of carbonyl (C=O) groups is 1. The zero-order chi connectivity index (χ0) is 17.3. The van der Waals surface area contributed by atoms with Crippen molar-refractivity contribution in [2.24, 2.45) is 0 Å². The first-order valence-electron chi connectivity index (χ1n) is 7.96. The molecule has 0 spiro atoms. The van der Waals surface area contributed by atoms with Crippen LogP contribution in [0.15, 0.2) is 29.8 Å². The molecule has 1 amide bonds. The van der Waals surface area contributed by atoms with Crippen LogP contribution in [-0.4, -0.2) is 25.7 Å². The number of carbonyl (C=O) groups excluding carboxylic acids is 1. The SMILES string of the molecule is CCOCCCNC(=O)/C(C#N)=C/c1ccc(C(C)(C)C)cc1. The molecule has 0 fully saturated rings. The van der Waals surface area contributed by atoms with Crippen LogP contribution >= 0.6 is 0 Å². The lowest BCUT2D eigenvalue weighted by atomic mass is 9.86. The summed E-state index contributed by atoms with van der Waals surface area (Å²) in [6, 6.07) is 9.88. The topological polar surface area (TPSA) is 62.1 Å². The first-order valence-corrected chi connectivity index (χ1v) is 7.96. The summed E-state index contributed by atoms with van der Waals surface area (Å²) in [5.74, 6) is -0.344. The van der Waals surface area contributed by atoms with E-state index in [9.17, 15) is 10.1 Å². The van der Waals surface area contributed by atoms with Crippen LogP contribution in [-0.2, 0) is 14.9 Å². The van der Waals surface area contributed by atoms with E-state index in [4.69, 9.17) is 4.74 Å². The molecule has 0 aromatic heterocycles. The Labute approximate surface area is 139 Å². The van der Waals surface area contributed by atoms with Crippen LogP contribution in [0, 0.1) is 11.3 Å². The number of hydrogen-bond acceptors (Lipinski definition) is 3. The van der Waals surface area contributed by atoms with E-state index in [1.54, 1.807) is 6.08 Å². The number of hydrogen-bond donors (Lipinski definition) is 1. The molecule has 0 unspecified atom stereocenters. The summed E-state index contributed by atoms with van der Waals surface area (Å²) in [5, 5.41) is 11.9. The quantitative estimate of drug-likeness (QED) is 0.476.